The lowest BCUT2D eigenvalue weighted by Crippen LogP contribution is -2.59. The van der Waals surface area contributed by atoms with E-state index in [-0.39, 0.29) is 38.3 Å². The number of piperidine rings is 1. The molecule has 0 aromatic carbocycles. The summed E-state index contributed by atoms with van der Waals surface area (Å²) in [6, 6.07) is -0.518. The molecule has 4 saturated heterocycles. The van der Waals surface area contributed by atoms with Gasteiger partial charge < -0.3 is 69.1 Å². The number of hydrogen-bond acceptors (Lipinski definition) is 17. The number of methoxy groups -OCH3 is 1. The van der Waals surface area contributed by atoms with Crippen molar-refractivity contribution in [2.24, 2.45) is 17.8 Å². The molecule has 0 spiro atoms. The molecule has 0 aromatic rings. The minimum absolute atomic E-state index is 0.0742. The molecule has 18 atom stereocenters. The van der Waals surface area contributed by atoms with Gasteiger partial charge in [-0.05, 0) is 73.8 Å². The summed E-state index contributed by atoms with van der Waals surface area (Å²) >= 11 is 0. The smallest absolute Gasteiger partial charge is 0.311 e. The van der Waals surface area contributed by atoms with E-state index in [0.717, 1.165) is 0 Å². The van der Waals surface area contributed by atoms with Crippen LogP contribution in [0.25, 0.3) is 0 Å². The van der Waals surface area contributed by atoms with Crippen molar-refractivity contribution in [3.63, 3.8) is 0 Å². The molecular formula is C42H76N2O15. The van der Waals surface area contributed by atoms with Gasteiger partial charge >= 0.3 is 5.97 Å². The van der Waals surface area contributed by atoms with Crippen molar-refractivity contribution < 1.29 is 73.8 Å². The molecule has 0 saturated carbocycles. The van der Waals surface area contributed by atoms with Crippen LogP contribution in [0.2, 0.25) is 0 Å². The Morgan fingerprint density at radius 1 is 0.898 bits per heavy atom. The second-order valence-corrected chi connectivity index (χ2v) is 18.4. The number of esters is 1. The number of nitrogens with zero attached hydrogens (tertiary/aromatic N) is 2. The number of aliphatic hydroxyl groups excluding tert-OH is 6. The summed E-state index contributed by atoms with van der Waals surface area (Å²) in [5.41, 5.74) is -3.08. The lowest BCUT2D eigenvalue weighted by Gasteiger charge is -2.46. The first-order chi connectivity index (χ1) is 27.5. The molecule has 7 N–H and O–H groups in total. The predicted molar refractivity (Wildman–Crippen MR) is 214 cm³/mol. The van der Waals surface area contributed by atoms with Gasteiger partial charge in [0.2, 0.25) is 0 Å². The molecular weight excluding hydrogens is 772 g/mol. The number of aliphatic hydroxyl groups is 7. The molecule has 4 aliphatic rings. The van der Waals surface area contributed by atoms with Gasteiger partial charge in [-0.25, -0.2) is 0 Å². The van der Waals surface area contributed by atoms with Crippen molar-refractivity contribution in [2.75, 3.05) is 40.3 Å². The number of Topliss-reactive ketones (excluding diaryl/α,β-unsaturated/α-hetero) is 1. The van der Waals surface area contributed by atoms with Gasteiger partial charge in [-0.1, -0.05) is 20.8 Å². The maximum atomic E-state index is 14.0. The summed E-state index contributed by atoms with van der Waals surface area (Å²) in [5, 5.41) is 78.5. The van der Waals surface area contributed by atoms with Gasteiger partial charge in [-0.15, -0.1) is 0 Å². The molecule has 0 bridgehead atoms. The average molecular weight is 849 g/mol. The van der Waals surface area contributed by atoms with Crippen molar-refractivity contribution in [3.8, 4) is 0 Å². The molecule has 0 aliphatic carbocycles. The van der Waals surface area contributed by atoms with Crippen LogP contribution in [0.1, 0.15) is 100 Å². The number of cyclic esters (lactones) is 1. The fourth-order valence-corrected chi connectivity index (χ4v) is 9.32. The Bertz CT molecular complexity index is 1340. The van der Waals surface area contributed by atoms with Crippen LogP contribution in [0.4, 0.5) is 0 Å². The zero-order chi connectivity index (χ0) is 44.1. The van der Waals surface area contributed by atoms with Crippen LogP contribution in [-0.2, 0) is 38.0 Å². The van der Waals surface area contributed by atoms with E-state index in [0.29, 0.717) is 38.9 Å². The summed E-state index contributed by atoms with van der Waals surface area (Å²) in [7, 11) is 3.27. The normalized spacial score (nSPS) is 44.9. The van der Waals surface area contributed by atoms with Gasteiger partial charge in [0.15, 0.2) is 12.6 Å². The largest absolute Gasteiger partial charge is 0.459 e. The van der Waals surface area contributed by atoms with E-state index in [2.05, 4.69) is 4.90 Å². The molecule has 0 aromatic heterocycles. The summed E-state index contributed by atoms with van der Waals surface area (Å²) in [6.45, 7) is 14.9. The van der Waals surface area contributed by atoms with Crippen molar-refractivity contribution in [3.05, 3.63) is 0 Å². The van der Waals surface area contributed by atoms with Gasteiger partial charge in [-0.3, -0.25) is 14.5 Å². The molecule has 17 nitrogen and oxygen atoms in total. The quantitative estimate of drug-likeness (QED) is 0.139. The van der Waals surface area contributed by atoms with E-state index in [9.17, 15) is 45.3 Å². The van der Waals surface area contributed by atoms with Crippen molar-refractivity contribution >= 4 is 11.8 Å². The number of likely N-dealkylation sites (N-methyl/N-ethyl adjacent to an activating group) is 1. The molecule has 0 amide bonds. The number of hydrogen-bond donors (Lipinski definition) is 7. The Balaban J connectivity index is 1.65. The van der Waals surface area contributed by atoms with E-state index < -0.39 is 120 Å². The molecule has 4 aliphatic heterocycles. The Kier molecular flexibility index (Phi) is 18.1. The predicted octanol–water partition coefficient (Wildman–Crippen LogP) is 0.337. The Hall–Kier alpha value is -1.42. The lowest BCUT2D eigenvalue weighted by molar-refractivity contribution is -0.303. The molecule has 344 valence electrons. The summed E-state index contributed by atoms with van der Waals surface area (Å²) < 4.78 is 36.9. The second-order valence-electron chi connectivity index (χ2n) is 18.4. The molecule has 0 radical (unpaired) electrons. The van der Waals surface area contributed by atoms with E-state index in [1.807, 2.05) is 11.8 Å². The van der Waals surface area contributed by atoms with E-state index in [4.69, 9.17) is 28.4 Å². The number of carbonyl (C=O) groups is 2. The number of β-amino-alcohol motifs (C(OH)–C–C–N with tert-alkyl or cyclic N) is 1. The maximum Gasteiger partial charge on any atom is 0.311 e. The topological polar surface area (TPSA) is 238 Å². The SMILES string of the molecule is CC[C@H]1OC(=O)[C@H](C)[C@@H](OC2C[C@@](C)(OC)[C@@H](O)[C@H](C)O2)C[C@@H](OC2O[C@H](C)C[C@H](N(C)CC(O)CN3CCC(O)CC3)[C@H]2O)[C@H](O)C[C@@H](C)C(=O)[C@H](C)[C@@H](O)[C@]1(C)O. The summed E-state index contributed by atoms with van der Waals surface area (Å²) in [4.78, 5) is 31.8. The third-order valence-electron chi connectivity index (χ3n) is 13.5. The van der Waals surface area contributed by atoms with Crippen LogP contribution in [-0.4, -0.2) is 195 Å². The third kappa shape index (κ3) is 12.4. The zero-order valence-corrected chi connectivity index (χ0v) is 36.9. The highest BCUT2D eigenvalue weighted by Gasteiger charge is 2.50. The monoisotopic (exact) mass is 849 g/mol. The number of rotatable bonds is 11. The molecule has 3 unspecified atom stereocenters. The molecule has 17 heteroatoms. The van der Waals surface area contributed by atoms with Gasteiger partial charge in [0, 0.05) is 64.0 Å². The van der Waals surface area contributed by atoms with Crippen LogP contribution in [0, 0.1) is 17.8 Å². The maximum absolute atomic E-state index is 14.0. The van der Waals surface area contributed by atoms with Gasteiger partial charge in [0.25, 0.3) is 0 Å². The third-order valence-corrected chi connectivity index (χ3v) is 13.5. The number of ether oxygens (including phenoxy) is 6. The lowest BCUT2D eigenvalue weighted by atomic mass is 9.78. The van der Waals surface area contributed by atoms with Crippen LogP contribution in [0.15, 0.2) is 0 Å². The zero-order valence-electron chi connectivity index (χ0n) is 36.9. The van der Waals surface area contributed by atoms with Crippen molar-refractivity contribution in [1.82, 2.24) is 9.80 Å². The fourth-order valence-electron chi connectivity index (χ4n) is 9.32. The van der Waals surface area contributed by atoms with Gasteiger partial charge in [0.05, 0.1) is 60.4 Å². The Morgan fingerprint density at radius 3 is 2.15 bits per heavy atom. The van der Waals surface area contributed by atoms with Crippen LogP contribution in [0.3, 0.4) is 0 Å². The first-order valence-corrected chi connectivity index (χ1v) is 21.7. The first kappa shape index (κ1) is 50.2. The Morgan fingerprint density at radius 2 is 1.54 bits per heavy atom. The molecule has 4 fully saturated rings. The second kappa shape index (κ2) is 21.3. The average Bonchev–Trinajstić information content (AvgIpc) is 3.18. The minimum Gasteiger partial charge on any atom is -0.459 e. The van der Waals surface area contributed by atoms with Crippen LogP contribution < -0.4 is 0 Å². The number of likely N-dealkylation sites (tertiary alicyclic amines) is 1. The summed E-state index contributed by atoms with van der Waals surface area (Å²) in [6.07, 6.45) is -11.6. The minimum atomic E-state index is -2.01. The van der Waals surface area contributed by atoms with Crippen LogP contribution >= 0.6 is 0 Å². The number of ketones is 1. The van der Waals surface area contributed by atoms with Crippen molar-refractivity contribution in [2.45, 2.75) is 197 Å². The molecule has 4 rings (SSSR count). The number of carbonyl (C=O) groups excluding carboxylic acids is 2. The highest BCUT2D eigenvalue weighted by atomic mass is 16.7. The highest BCUT2D eigenvalue weighted by Crippen LogP contribution is 2.37. The van der Waals surface area contributed by atoms with E-state index >= 15 is 0 Å². The van der Waals surface area contributed by atoms with E-state index in [1.54, 1.807) is 41.7 Å². The Labute approximate surface area is 350 Å². The van der Waals surface area contributed by atoms with Gasteiger partial charge in [0.1, 0.15) is 29.7 Å². The van der Waals surface area contributed by atoms with E-state index in [1.165, 1.54) is 21.0 Å². The highest BCUT2D eigenvalue weighted by molar-refractivity contribution is 5.83. The van der Waals surface area contributed by atoms with Crippen molar-refractivity contribution in [1.29, 1.82) is 0 Å². The fraction of sp³-hybridized carbons (Fsp3) is 0.952. The first-order valence-electron chi connectivity index (χ1n) is 21.7. The molecule has 4 heterocycles. The summed E-state index contributed by atoms with van der Waals surface area (Å²) in [5.74, 6) is -4.21. The molecule has 59 heavy (non-hydrogen) atoms. The van der Waals surface area contributed by atoms with Gasteiger partial charge in [-0.2, -0.15) is 0 Å². The standard InChI is InChI=1S/C42H76N2O15/c1-11-33-42(8,53)37(50)25(5)35(48)22(2)16-30(47)32(18-31(24(4)39(52)59-33)57-34-19-41(7,54-10)38(51)26(6)56-34)58-40-36(49)29(17-23(3)55-40)43(9)20-28(46)21-44-14-12-27(45)13-15-44/h22-34,36-38,40,45-47,49-51,53H,11-21H2,1-10H3/t22-,23-,24-,25+,26+,28?,29+,30-,31+,32-,33-,34?,36-,37-,38+,40?,41-,42-/m1/s1. The van der Waals surface area contributed by atoms with Crippen LogP contribution in [0.5, 0.6) is 0 Å².